The van der Waals surface area contributed by atoms with Crippen LogP contribution in [0.5, 0.6) is 0 Å². The molecule has 17 nitrogen and oxygen atoms in total. The van der Waals surface area contributed by atoms with Crippen LogP contribution in [0.3, 0.4) is 0 Å². The first-order valence-corrected chi connectivity index (χ1v) is 35.1. The number of ether oxygens (including phenoxy) is 4. The van der Waals surface area contributed by atoms with Gasteiger partial charge in [0.2, 0.25) is 0 Å². The number of hydrogen-bond donors (Lipinski definition) is 3. The largest absolute Gasteiger partial charge is 0.472 e. The Hall–Kier alpha value is -1.94. The Balaban J connectivity index is 5.11. The van der Waals surface area contributed by atoms with E-state index >= 15 is 0 Å². The maximum atomic E-state index is 13.0. The van der Waals surface area contributed by atoms with Gasteiger partial charge in [-0.3, -0.25) is 37.3 Å². The van der Waals surface area contributed by atoms with Gasteiger partial charge in [-0.1, -0.05) is 253 Å². The van der Waals surface area contributed by atoms with Crippen molar-refractivity contribution in [3.63, 3.8) is 0 Å². The number of aliphatic hydroxyl groups excluding tert-OH is 1. The minimum absolute atomic E-state index is 0.0989. The monoisotopic (exact) mass is 1180 g/mol. The summed E-state index contributed by atoms with van der Waals surface area (Å²) in [6.45, 7) is 7.00. The summed E-state index contributed by atoms with van der Waals surface area (Å²) in [5.41, 5.74) is 0. The molecule has 0 aromatic carbocycles. The molecule has 474 valence electrons. The highest BCUT2D eigenvalue weighted by Gasteiger charge is 2.30. The van der Waals surface area contributed by atoms with Gasteiger partial charge in [-0.25, -0.2) is 9.13 Å². The molecule has 0 heterocycles. The zero-order valence-corrected chi connectivity index (χ0v) is 53.0. The summed E-state index contributed by atoms with van der Waals surface area (Å²) in [5, 5.41) is 10.5. The molecule has 0 aliphatic heterocycles. The van der Waals surface area contributed by atoms with Crippen molar-refractivity contribution in [2.75, 3.05) is 39.6 Å². The van der Waals surface area contributed by atoms with Gasteiger partial charge in [0.25, 0.3) is 0 Å². The lowest BCUT2D eigenvalue weighted by molar-refractivity contribution is -0.161. The smallest absolute Gasteiger partial charge is 0.462 e. The lowest BCUT2D eigenvalue weighted by Crippen LogP contribution is -2.30. The van der Waals surface area contributed by atoms with Crippen molar-refractivity contribution in [2.24, 2.45) is 5.92 Å². The van der Waals surface area contributed by atoms with Crippen LogP contribution in [0.1, 0.15) is 304 Å². The second-order valence-corrected chi connectivity index (χ2v) is 25.5. The summed E-state index contributed by atoms with van der Waals surface area (Å²) in [4.78, 5) is 71.6. The lowest BCUT2D eigenvalue weighted by atomic mass is 10.0. The molecule has 3 N–H and O–H groups in total. The van der Waals surface area contributed by atoms with Crippen molar-refractivity contribution >= 4 is 39.5 Å². The van der Waals surface area contributed by atoms with Crippen LogP contribution in [0.25, 0.3) is 0 Å². The van der Waals surface area contributed by atoms with E-state index < -0.39 is 97.5 Å². The third kappa shape index (κ3) is 55.3. The number of rotatable bonds is 61. The Labute approximate surface area is 486 Å². The van der Waals surface area contributed by atoms with Gasteiger partial charge in [-0.15, -0.1) is 0 Å². The Bertz CT molecular complexity index is 1570. The van der Waals surface area contributed by atoms with Gasteiger partial charge in [0.15, 0.2) is 12.2 Å². The Morgan fingerprint density at radius 2 is 0.575 bits per heavy atom. The molecular weight excluding hydrogens is 1070 g/mol. The van der Waals surface area contributed by atoms with Gasteiger partial charge in [0.05, 0.1) is 26.4 Å². The molecular formula is C61H118O17P2. The fourth-order valence-corrected chi connectivity index (χ4v) is 10.6. The second-order valence-electron chi connectivity index (χ2n) is 22.6. The normalized spacial score (nSPS) is 14.3. The first kappa shape index (κ1) is 78.1. The van der Waals surface area contributed by atoms with Crippen LogP contribution in [-0.4, -0.2) is 96.7 Å². The van der Waals surface area contributed by atoms with Crippen LogP contribution in [0.2, 0.25) is 0 Å². The van der Waals surface area contributed by atoms with Crippen molar-refractivity contribution < 1.29 is 80.2 Å². The quantitative estimate of drug-likeness (QED) is 0.0222. The Morgan fingerprint density at radius 1 is 0.338 bits per heavy atom. The summed E-state index contributed by atoms with van der Waals surface area (Å²) >= 11 is 0. The summed E-state index contributed by atoms with van der Waals surface area (Å²) in [6, 6.07) is 0. The molecule has 0 aromatic rings. The van der Waals surface area contributed by atoms with Crippen molar-refractivity contribution in [1.29, 1.82) is 0 Å². The molecule has 19 heteroatoms. The highest BCUT2D eigenvalue weighted by molar-refractivity contribution is 7.47. The highest BCUT2D eigenvalue weighted by Crippen LogP contribution is 2.45. The van der Waals surface area contributed by atoms with Gasteiger partial charge < -0.3 is 33.8 Å². The van der Waals surface area contributed by atoms with Crippen molar-refractivity contribution in [1.82, 2.24) is 0 Å². The molecule has 0 amide bonds. The molecule has 5 atom stereocenters. The molecule has 0 saturated heterocycles. The fraction of sp³-hybridized carbons (Fsp3) is 0.934. The van der Waals surface area contributed by atoms with Gasteiger partial charge in [0, 0.05) is 25.7 Å². The molecule has 0 aliphatic carbocycles. The average molecular weight is 1190 g/mol. The van der Waals surface area contributed by atoms with Crippen molar-refractivity contribution in [3.8, 4) is 0 Å². The summed E-state index contributed by atoms with van der Waals surface area (Å²) in [5.74, 6) is -1.39. The number of aliphatic hydroxyl groups is 1. The number of esters is 4. The standard InChI is InChI=1S/C61H118O17P2/c1-6-9-12-15-16-17-18-19-20-21-22-25-29-32-37-42-47-61(66)78-57(51-72-59(64)45-40-36-31-28-26-23-24-27-30-35-38-43-54(4)5)53-76-80(69,70)74-49-55(62)48-73-79(67,68)75-52-56(77-60(65)46-41-34-14-11-8-3)50-71-58(63)44-39-33-13-10-7-2/h54-57,62H,6-53H2,1-5H3,(H,67,68)(H,69,70)/t55-,56+,57+/m0/s1. The second kappa shape index (κ2) is 55.0. The van der Waals surface area contributed by atoms with E-state index in [1.807, 2.05) is 0 Å². The maximum absolute atomic E-state index is 13.0. The number of carbonyl (C=O) groups is 4. The molecule has 0 aromatic heterocycles. The van der Waals surface area contributed by atoms with Gasteiger partial charge >= 0.3 is 39.5 Å². The van der Waals surface area contributed by atoms with Crippen LogP contribution >= 0.6 is 15.6 Å². The minimum Gasteiger partial charge on any atom is -0.462 e. The predicted octanol–water partition coefficient (Wildman–Crippen LogP) is 16.6. The van der Waals surface area contributed by atoms with E-state index in [4.69, 9.17) is 37.0 Å². The molecule has 2 unspecified atom stereocenters. The van der Waals surface area contributed by atoms with Crippen LogP contribution in [0.4, 0.5) is 0 Å². The predicted molar refractivity (Wildman–Crippen MR) is 317 cm³/mol. The van der Waals surface area contributed by atoms with E-state index in [9.17, 15) is 43.2 Å². The van der Waals surface area contributed by atoms with Crippen molar-refractivity contribution in [2.45, 2.75) is 323 Å². The topological polar surface area (TPSA) is 237 Å². The molecule has 0 spiro atoms. The molecule has 0 fully saturated rings. The zero-order valence-electron chi connectivity index (χ0n) is 51.2. The third-order valence-corrected chi connectivity index (χ3v) is 15.9. The highest BCUT2D eigenvalue weighted by atomic mass is 31.2. The van der Waals surface area contributed by atoms with E-state index in [-0.39, 0.29) is 25.7 Å². The van der Waals surface area contributed by atoms with Crippen LogP contribution < -0.4 is 0 Å². The maximum Gasteiger partial charge on any atom is 0.472 e. The average Bonchev–Trinajstić information content (AvgIpc) is 3.42. The number of phosphoric acid groups is 2. The fourth-order valence-electron chi connectivity index (χ4n) is 9.05. The third-order valence-electron chi connectivity index (χ3n) is 14.0. The number of unbranched alkanes of at least 4 members (excludes halogenated alkanes) is 33. The molecule has 80 heavy (non-hydrogen) atoms. The van der Waals surface area contributed by atoms with E-state index in [1.54, 1.807) is 0 Å². The molecule has 0 aliphatic rings. The first-order valence-electron chi connectivity index (χ1n) is 32.1. The van der Waals surface area contributed by atoms with Crippen LogP contribution in [0, 0.1) is 5.92 Å². The van der Waals surface area contributed by atoms with Crippen LogP contribution in [-0.2, 0) is 65.4 Å². The van der Waals surface area contributed by atoms with Crippen LogP contribution in [0.15, 0.2) is 0 Å². The molecule has 0 bridgehead atoms. The molecule has 0 radical (unpaired) electrons. The van der Waals surface area contributed by atoms with Gasteiger partial charge in [0.1, 0.15) is 19.3 Å². The van der Waals surface area contributed by atoms with E-state index in [1.165, 1.54) is 122 Å². The summed E-state index contributed by atoms with van der Waals surface area (Å²) < 4.78 is 67.5. The van der Waals surface area contributed by atoms with E-state index in [0.717, 1.165) is 102 Å². The van der Waals surface area contributed by atoms with E-state index in [2.05, 4.69) is 34.6 Å². The molecule has 0 saturated carbocycles. The number of phosphoric ester groups is 2. The first-order chi connectivity index (χ1) is 38.5. The SMILES string of the molecule is CCCCCCCCCCCCCCCCCCC(=O)O[C@H](COC(=O)CCCCCCCCCCCCCC(C)C)COP(=O)(O)OC[C@@H](O)COP(=O)(O)OC[C@@H](COC(=O)CCCCCCC)OC(=O)CCCCCCC. The summed E-state index contributed by atoms with van der Waals surface area (Å²) in [6.07, 6.45) is 38.4. The Morgan fingerprint density at radius 3 is 0.850 bits per heavy atom. The van der Waals surface area contributed by atoms with Crippen molar-refractivity contribution in [3.05, 3.63) is 0 Å². The lowest BCUT2D eigenvalue weighted by Gasteiger charge is -2.21. The van der Waals surface area contributed by atoms with E-state index in [0.29, 0.717) is 25.7 Å². The Kier molecular flexibility index (Phi) is 53.6. The van der Waals surface area contributed by atoms with Gasteiger partial charge in [-0.2, -0.15) is 0 Å². The number of hydrogen-bond acceptors (Lipinski definition) is 15. The number of carbonyl (C=O) groups excluding carboxylic acids is 4. The minimum atomic E-state index is -4.94. The zero-order chi connectivity index (χ0) is 59.2. The summed E-state index contributed by atoms with van der Waals surface area (Å²) in [7, 11) is -9.86. The van der Waals surface area contributed by atoms with Gasteiger partial charge in [-0.05, 0) is 31.6 Å². The molecule has 0 rings (SSSR count).